The van der Waals surface area contributed by atoms with E-state index in [2.05, 4.69) is 0 Å². The number of nitrogens with two attached hydrogens (primary N) is 1. The number of hydrogen-bond acceptors (Lipinski definition) is 5. The van der Waals surface area contributed by atoms with Gasteiger partial charge in [0.05, 0.1) is 13.0 Å². The number of esters is 1. The minimum atomic E-state index is -0.689. The van der Waals surface area contributed by atoms with Crippen LogP contribution in [0, 0.1) is 17.6 Å². The van der Waals surface area contributed by atoms with Crippen LogP contribution in [0.4, 0.5) is 8.78 Å². The molecule has 0 aromatic heterocycles. The van der Waals surface area contributed by atoms with E-state index in [0.29, 0.717) is 19.6 Å². The maximum Gasteiger partial charge on any atom is 0.310 e. The summed E-state index contributed by atoms with van der Waals surface area (Å²) in [6.07, 6.45) is 0.170. The van der Waals surface area contributed by atoms with Gasteiger partial charge in [-0.25, -0.2) is 14.6 Å². The van der Waals surface area contributed by atoms with Crippen molar-refractivity contribution in [2.24, 2.45) is 11.8 Å². The topological polar surface area (TPSA) is 84.7 Å². The number of nitrogens with zero attached hydrogens (tertiary/aromatic N) is 1. The van der Waals surface area contributed by atoms with Crippen LogP contribution >= 0.6 is 0 Å². The highest BCUT2D eigenvalue weighted by molar-refractivity contribution is 5.76. The SMILES string of the molecule is COC(=O)C1CN(CCC(=O)NN)C[C@H]1c1ccc(F)cc1F. The van der Waals surface area contributed by atoms with Crippen molar-refractivity contribution in [3.05, 3.63) is 35.4 Å². The summed E-state index contributed by atoms with van der Waals surface area (Å²) in [5.74, 6) is 1.87. The van der Waals surface area contributed by atoms with Crippen LogP contribution in [0.15, 0.2) is 18.2 Å². The Hall–Kier alpha value is -2.06. The number of nitrogens with one attached hydrogen (secondary N) is 1. The number of hydrogen-bond donors (Lipinski definition) is 2. The fraction of sp³-hybridized carbons (Fsp3) is 0.467. The molecule has 2 rings (SSSR count). The molecule has 1 aliphatic heterocycles. The van der Waals surface area contributed by atoms with E-state index in [0.717, 1.165) is 12.1 Å². The van der Waals surface area contributed by atoms with Gasteiger partial charge in [-0.15, -0.1) is 0 Å². The van der Waals surface area contributed by atoms with Gasteiger partial charge in [0.1, 0.15) is 11.6 Å². The van der Waals surface area contributed by atoms with E-state index in [-0.39, 0.29) is 17.9 Å². The third-order valence-electron chi connectivity index (χ3n) is 4.08. The number of benzene rings is 1. The third kappa shape index (κ3) is 4.02. The molecular weight excluding hydrogens is 308 g/mol. The number of likely N-dealkylation sites (tertiary alicyclic amines) is 1. The van der Waals surface area contributed by atoms with Gasteiger partial charge in [0.2, 0.25) is 5.91 Å². The normalized spacial score (nSPS) is 21.2. The molecule has 0 bridgehead atoms. The van der Waals surface area contributed by atoms with Crippen molar-refractivity contribution >= 4 is 11.9 Å². The molecule has 1 saturated heterocycles. The molecule has 1 aromatic rings. The molecule has 23 heavy (non-hydrogen) atoms. The van der Waals surface area contributed by atoms with Gasteiger partial charge in [0, 0.05) is 38.0 Å². The largest absolute Gasteiger partial charge is 0.469 e. The number of carbonyl (C=O) groups is 2. The zero-order valence-electron chi connectivity index (χ0n) is 12.7. The van der Waals surface area contributed by atoms with E-state index in [1.54, 1.807) is 0 Å². The molecule has 0 spiro atoms. The van der Waals surface area contributed by atoms with Crippen LogP contribution in [-0.2, 0) is 14.3 Å². The zero-order valence-corrected chi connectivity index (χ0v) is 12.7. The van der Waals surface area contributed by atoms with Gasteiger partial charge in [-0.3, -0.25) is 15.0 Å². The molecule has 0 aliphatic carbocycles. The van der Waals surface area contributed by atoms with Crippen LogP contribution in [-0.4, -0.2) is 43.5 Å². The fourth-order valence-electron chi connectivity index (χ4n) is 2.91. The average Bonchev–Trinajstić information content (AvgIpc) is 2.95. The highest BCUT2D eigenvalue weighted by Crippen LogP contribution is 2.35. The molecule has 3 N–H and O–H groups in total. The van der Waals surface area contributed by atoms with Crippen molar-refractivity contribution in [2.45, 2.75) is 12.3 Å². The molecular formula is C15H19F2N3O3. The maximum atomic E-state index is 14.0. The summed E-state index contributed by atoms with van der Waals surface area (Å²) >= 11 is 0. The number of halogens is 2. The van der Waals surface area contributed by atoms with Crippen molar-refractivity contribution < 1.29 is 23.1 Å². The Kier molecular flexibility index (Phi) is 5.62. The van der Waals surface area contributed by atoms with E-state index in [9.17, 15) is 18.4 Å². The first kappa shape index (κ1) is 17.3. The molecule has 8 heteroatoms. The Bertz CT molecular complexity index is 597. The molecule has 6 nitrogen and oxygen atoms in total. The molecule has 126 valence electrons. The summed E-state index contributed by atoms with van der Waals surface area (Å²) in [7, 11) is 1.27. The van der Waals surface area contributed by atoms with Gasteiger partial charge >= 0.3 is 5.97 Å². The molecule has 2 atom stereocenters. The number of carbonyl (C=O) groups excluding carboxylic acids is 2. The summed E-state index contributed by atoms with van der Waals surface area (Å²) in [6.45, 7) is 1.10. The molecule has 1 fully saturated rings. The van der Waals surface area contributed by atoms with Crippen molar-refractivity contribution in [1.29, 1.82) is 0 Å². The molecule has 1 unspecified atom stereocenters. The summed E-state index contributed by atoms with van der Waals surface area (Å²) in [5.41, 5.74) is 2.30. The first-order valence-corrected chi connectivity index (χ1v) is 7.20. The lowest BCUT2D eigenvalue weighted by atomic mass is 9.88. The number of amides is 1. The van der Waals surface area contributed by atoms with E-state index in [1.165, 1.54) is 13.2 Å². The van der Waals surface area contributed by atoms with Crippen LogP contribution < -0.4 is 11.3 Å². The molecule has 1 heterocycles. The quantitative estimate of drug-likeness (QED) is 0.357. The van der Waals surface area contributed by atoms with Crippen molar-refractivity contribution in [1.82, 2.24) is 10.3 Å². The molecule has 0 saturated carbocycles. The van der Waals surface area contributed by atoms with Crippen LogP contribution in [0.2, 0.25) is 0 Å². The molecule has 1 amide bonds. The highest BCUT2D eigenvalue weighted by atomic mass is 19.1. The Balaban J connectivity index is 2.17. The second-order valence-electron chi connectivity index (χ2n) is 5.48. The van der Waals surface area contributed by atoms with Gasteiger partial charge in [0.15, 0.2) is 0 Å². The fourth-order valence-corrected chi connectivity index (χ4v) is 2.91. The predicted molar refractivity (Wildman–Crippen MR) is 78.0 cm³/mol. The van der Waals surface area contributed by atoms with E-state index in [4.69, 9.17) is 10.6 Å². The van der Waals surface area contributed by atoms with Gasteiger partial charge in [-0.1, -0.05) is 6.07 Å². The number of hydrazine groups is 1. The first-order chi connectivity index (χ1) is 11.0. The smallest absolute Gasteiger partial charge is 0.310 e. The molecule has 1 aliphatic rings. The highest BCUT2D eigenvalue weighted by Gasteiger charge is 2.40. The van der Waals surface area contributed by atoms with Gasteiger partial charge < -0.3 is 9.64 Å². The predicted octanol–water partition coefficient (Wildman–Crippen LogP) is 0.533. The van der Waals surface area contributed by atoms with Crippen molar-refractivity contribution in [2.75, 3.05) is 26.7 Å². The second-order valence-corrected chi connectivity index (χ2v) is 5.48. The summed E-state index contributed by atoms with van der Waals surface area (Å²) in [6, 6.07) is 3.31. The minimum absolute atomic E-state index is 0.170. The van der Waals surface area contributed by atoms with Crippen molar-refractivity contribution in [3.8, 4) is 0 Å². The monoisotopic (exact) mass is 327 g/mol. The van der Waals surface area contributed by atoms with Gasteiger partial charge in [-0.05, 0) is 11.6 Å². The lowest BCUT2D eigenvalue weighted by molar-refractivity contribution is -0.145. The number of rotatable bonds is 5. The second kappa shape index (κ2) is 7.47. The lowest BCUT2D eigenvalue weighted by Crippen LogP contribution is -2.34. The Labute approximate surface area is 132 Å². The molecule has 0 radical (unpaired) electrons. The Morgan fingerprint density at radius 1 is 1.39 bits per heavy atom. The van der Waals surface area contributed by atoms with Crippen LogP contribution in [0.1, 0.15) is 17.9 Å². The minimum Gasteiger partial charge on any atom is -0.469 e. The third-order valence-corrected chi connectivity index (χ3v) is 4.08. The summed E-state index contributed by atoms with van der Waals surface area (Å²) < 4.78 is 31.9. The summed E-state index contributed by atoms with van der Waals surface area (Å²) in [4.78, 5) is 25.1. The maximum absolute atomic E-state index is 14.0. The van der Waals surface area contributed by atoms with Crippen LogP contribution in [0.5, 0.6) is 0 Å². The first-order valence-electron chi connectivity index (χ1n) is 7.20. The Morgan fingerprint density at radius 3 is 2.74 bits per heavy atom. The van der Waals surface area contributed by atoms with E-state index < -0.39 is 29.4 Å². The number of ether oxygens (including phenoxy) is 1. The van der Waals surface area contributed by atoms with Crippen LogP contribution in [0.25, 0.3) is 0 Å². The standard InChI is InChI=1S/C15H19F2N3O3/c1-23-15(22)12-8-20(5-4-14(21)19-18)7-11(12)10-3-2-9(16)6-13(10)17/h2-3,6,11-12H,4-5,7-8,18H2,1H3,(H,19,21)/t11-,12?/m0/s1. The molecule has 1 aromatic carbocycles. The summed E-state index contributed by atoms with van der Waals surface area (Å²) in [5, 5.41) is 0. The van der Waals surface area contributed by atoms with Crippen LogP contribution in [0.3, 0.4) is 0 Å². The zero-order chi connectivity index (χ0) is 17.0. The van der Waals surface area contributed by atoms with E-state index >= 15 is 0 Å². The van der Waals surface area contributed by atoms with Gasteiger partial charge in [-0.2, -0.15) is 0 Å². The lowest BCUT2D eigenvalue weighted by Gasteiger charge is -2.17. The van der Waals surface area contributed by atoms with E-state index in [1.807, 2.05) is 10.3 Å². The average molecular weight is 327 g/mol. The van der Waals surface area contributed by atoms with Gasteiger partial charge in [0.25, 0.3) is 0 Å². The number of methoxy groups -OCH3 is 1. The van der Waals surface area contributed by atoms with Crippen molar-refractivity contribution in [3.63, 3.8) is 0 Å². The Morgan fingerprint density at radius 2 is 2.13 bits per heavy atom.